The van der Waals surface area contributed by atoms with Gasteiger partial charge in [-0.05, 0) is 18.1 Å². The highest BCUT2D eigenvalue weighted by atomic mass is 79.9. The molecule has 2 aromatic rings. The summed E-state index contributed by atoms with van der Waals surface area (Å²) >= 11 is 3.45. The summed E-state index contributed by atoms with van der Waals surface area (Å²) in [6.45, 7) is 2.38. The van der Waals surface area contributed by atoms with Crippen LogP contribution in [0.2, 0.25) is 0 Å². The molecule has 0 saturated carbocycles. The van der Waals surface area contributed by atoms with Gasteiger partial charge in [-0.1, -0.05) is 57.9 Å². The molecule has 0 aliphatic heterocycles. The summed E-state index contributed by atoms with van der Waals surface area (Å²) in [5, 5.41) is 11.4. The molecule has 1 unspecified atom stereocenters. The number of hydrogen-bond acceptors (Lipinski definition) is 3. The van der Waals surface area contributed by atoms with Gasteiger partial charge in [-0.15, -0.1) is 0 Å². The monoisotopic (exact) mass is 349 g/mol. The van der Waals surface area contributed by atoms with Gasteiger partial charge >= 0.3 is 0 Å². The van der Waals surface area contributed by atoms with E-state index in [1.807, 2.05) is 37.3 Å². The van der Waals surface area contributed by atoms with Crippen LogP contribution >= 0.6 is 15.9 Å². The third-order valence-corrected chi connectivity index (χ3v) is 3.75. The molecule has 0 aliphatic rings. The predicted octanol–water partition coefficient (Wildman–Crippen LogP) is 4.56. The third kappa shape index (κ3) is 4.37. The van der Waals surface area contributed by atoms with E-state index in [-0.39, 0.29) is 11.8 Å². The lowest BCUT2D eigenvalue weighted by Gasteiger charge is -2.16. The molecule has 0 fully saturated rings. The second-order valence-corrected chi connectivity index (χ2v) is 5.44. The first-order chi connectivity index (χ1) is 10.1. The summed E-state index contributed by atoms with van der Waals surface area (Å²) in [5.74, 6) is 0. The Morgan fingerprint density at radius 1 is 1.24 bits per heavy atom. The Hall–Kier alpha value is -1.72. The van der Waals surface area contributed by atoms with Gasteiger partial charge in [0.1, 0.15) is 0 Å². The highest BCUT2D eigenvalue weighted by molar-refractivity contribution is 9.09. The number of aryl methyl sites for hydroxylation is 1. The van der Waals surface area contributed by atoms with Gasteiger partial charge in [0.15, 0.2) is 0 Å². The summed E-state index contributed by atoms with van der Waals surface area (Å²) in [4.78, 5) is 10.4. The van der Waals surface area contributed by atoms with Gasteiger partial charge in [-0.2, -0.15) is 0 Å². The largest absolute Gasteiger partial charge is 0.368 e. The lowest BCUT2D eigenvalue weighted by atomic mass is 10.1. The fraction of sp³-hybridized carbons (Fsp3) is 0.250. The maximum Gasteiger partial charge on any atom is 0.269 e. The van der Waals surface area contributed by atoms with Crippen LogP contribution in [-0.2, 0) is 11.3 Å². The topological polar surface area (TPSA) is 52.4 Å². The zero-order valence-corrected chi connectivity index (χ0v) is 13.2. The molecule has 110 valence electrons. The quantitative estimate of drug-likeness (QED) is 0.436. The van der Waals surface area contributed by atoms with Gasteiger partial charge in [0.05, 0.1) is 17.6 Å². The molecular formula is C16H16BrNO3. The number of benzene rings is 2. The normalized spacial score (nSPS) is 12.1. The van der Waals surface area contributed by atoms with Crippen LogP contribution in [0.1, 0.15) is 22.8 Å². The van der Waals surface area contributed by atoms with Crippen LogP contribution in [0.4, 0.5) is 5.69 Å². The molecule has 0 spiro atoms. The van der Waals surface area contributed by atoms with E-state index < -0.39 is 4.92 Å². The number of rotatable bonds is 6. The number of nitro groups is 1. The van der Waals surface area contributed by atoms with E-state index in [1.165, 1.54) is 11.6 Å². The minimum absolute atomic E-state index is 0.0788. The number of halogens is 1. The standard InChI is InChI=1S/C16H16BrNO3/c1-12-5-7-14(8-6-12)16(10-17)21-11-13-3-2-4-15(9-13)18(19)20/h2-9,16H,10-11H2,1H3. The Morgan fingerprint density at radius 2 is 1.95 bits per heavy atom. The van der Waals surface area contributed by atoms with E-state index in [1.54, 1.807) is 12.1 Å². The first-order valence-corrected chi connectivity index (χ1v) is 7.70. The van der Waals surface area contributed by atoms with Gasteiger partial charge in [-0.25, -0.2) is 0 Å². The Kier molecular flexibility index (Phi) is 5.47. The van der Waals surface area contributed by atoms with Crippen molar-refractivity contribution < 1.29 is 9.66 Å². The Morgan fingerprint density at radius 3 is 2.57 bits per heavy atom. The van der Waals surface area contributed by atoms with E-state index in [9.17, 15) is 10.1 Å². The zero-order valence-electron chi connectivity index (χ0n) is 11.7. The highest BCUT2D eigenvalue weighted by Crippen LogP contribution is 2.23. The fourth-order valence-electron chi connectivity index (χ4n) is 1.97. The number of nitrogens with zero attached hydrogens (tertiary/aromatic N) is 1. The minimum atomic E-state index is -0.397. The Bertz CT molecular complexity index is 613. The second kappa shape index (κ2) is 7.33. The van der Waals surface area contributed by atoms with E-state index in [4.69, 9.17) is 4.74 Å². The molecular weight excluding hydrogens is 334 g/mol. The third-order valence-electron chi connectivity index (χ3n) is 3.16. The van der Waals surface area contributed by atoms with Crippen molar-refractivity contribution in [3.05, 3.63) is 75.3 Å². The predicted molar refractivity (Wildman–Crippen MR) is 85.6 cm³/mol. The van der Waals surface area contributed by atoms with Crippen LogP contribution in [0.5, 0.6) is 0 Å². The first kappa shape index (κ1) is 15.7. The molecule has 0 bridgehead atoms. The molecule has 5 heteroatoms. The van der Waals surface area contributed by atoms with Crippen LogP contribution in [0.15, 0.2) is 48.5 Å². The number of nitro benzene ring substituents is 1. The van der Waals surface area contributed by atoms with Gasteiger partial charge in [0, 0.05) is 17.5 Å². The summed E-state index contributed by atoms with van der Waals surface area (Å²) in [7, 11) is 0. The van der Waals surface area contributed by atoms with Gasteiger partial charge < -0.3 is 4.74 Å². The Balaban J connectivity index is 2.04. The zero-order chi connectivity index (χ0) is 15.2. The molecule has 4 nitrogen and oxygen atoms in total. The van der Waals surface area contributed by atoms with Crippen LogP contribution in [0, 0.1) is 17.0 Å². The van der Waals surface area contributed by atoms with Gasteiger partial charge in [0.2, 0.25) is 0 Å². The van der Waals surface area contributed by atoms with E-state index in [2.05, 4.69) is 15.9 Å². The van der Waals surface area contributed by atoms with Crippen molar-refractivity contribution in [2.45, 2.75) is 19.6 Å². The fourth-order valence-corrected chi connectivity index (χ4v) is 2.53. The van der Waals surface area contributed by atoms with Crippen molar-refractivity contribution in [1.82, 2.24) is 0 Å². The molecule has 0 N–H and O–H groups in total. The van der Waals surface area contributed by atoms with Crippen LogP contribution < -0.4 is 0 Å². The molecule has 0 amide bonds. The number of ether oxygens (including phenoxy) is 1. The highest BCUT2D eigenvalue weighted by Gasteiger charge is 2.12. The van der Waals surface area contributed by atoms with E-state index in [0.717, 1.165) is 11.1 Å². The summed E-state index contributed by atoms with van der Waals surface area (Å²) in [6, 6.07) is 14.7. The van der Waals surface area contributed by atoms with Gasteiger partial charge in [-0.3, -0.25) is 10.1 Å². The maximum atomic E-state index is 10.8. The summed E-state index contributed by atoms with van der Waals surface area (Å²) in [6.07, 6.45) is -0.0788. The maximum absolute atomic E-state index is 10.8. The van der Waals surface area contributed by atoms with Crippen molar-refractivity contribution in [3.63, 3.8) is 0 Å². The second-order valence-electron chi connectivity index (χ2n) is 4.79. The SMILES string of the molecule is Cc1ccc(C(CBr)OCc2cccc([N+](=O)[O-])c2)cc1. The van der Waals surface area contributed by atoms with Crippen molar-refractivity contribution in [1.29, 1.82) is 0 Å². The minimum Gasteiger partial charge on any atom is -0.368 e. The molecule has 0 heterocycles. The smallest absolute Gasteiger partial charge is 0.269 e. The van der Waals surface area contributed by atoms with Crippen LogP contribution in [0.3, 0.4) is 0 Å². The van der Waals surface area contributed by atoms with Crippen molar-refractivity contribution in [3.8, 4) is 0 Å². The number of non-ortho nitro benzene ring substituents is 1. The molecule has 0 saturated heterocycles. The molecule has 0 aliphatic carbocycles. The van der Waals surface area contributed by atoms with Crippen molar-refractivity contribution in [2.75, 3.05) is 5.33 Å². The summed E-state index contributed by atoms with van der Waals surface area (Å²) < 4.78 is 5.87. The van der Waals surface area contributed by atoms with Crippen LogP contribution in [-0.4, -0.2) is 10.3 Å². The van der Waals surface area contributed by atoms with Gasteiger partial charge in [0.25, 0.3) is 5.69 Å². The Labute approximate surface area is 132 Å². The summed E-state index contributed by atoms with van der Waals surface area (Å²) in [5.41, 5.74) is 3.16. The molecule has 21 heavy (non-hydrogen) atoms. The molecule has 1 atom stereocenters. The van der Waals surface area contributed by atoms with Crippen molar-refractivity contribution >= 4 is 21.6 Å². The lowest BCUT2D eigenvalue weighted by Crippen LogP contribution is -2.06. The molecule has 0 aromatic heterocycles. The van der Waals surface area contributed by atoms with E-state index >= 15 is 0 Å². The molecule has 2 rings (SSSR count). The number of hydrogen-bond donors (Lipinski definition) is 0. The van der Waals surface area contributed by atoms with E-state index in [0.29, 0.717) is 11.9 Å². The number of alkyl halides is 1. The molecule has 0 radical (unpaired) electrons. The van der Waals surface area contributed by atoms with Crippen molar-refractivity contribution in [2.24, 2.45) is 0 Å². The lowest BCUT2D eigenvalue weighted by molar-refractivity contribution is -0.385. The molecule has 2 aromatic carbocycles. The average Bonchev–Trinajstić information content (AvgIpc) is 2.50. The van der Waals surface area contributed by atoms with Crippen LogP contribution in [0.25, 0.3) is 0 Å². The first-order valence-electron chi connectivity index (χ1n) is 6.57. The average molecular weight is 350 g/mol.